The Morgan fingerprint density at radius 1 is 1.35 bits per heavy atom. The van der Waals surface area contributed by atoms with Crippen molar-refractivity contribution in [2.24, 2.45) is 0 Å². The summed E-state index contributed by atoms with van der Waals surface area (Å²) in [6, 6.07) is 6.02. The van der Waals surface area contributed by atoms with Crippen LogP contribution in [-0.4, -0.2) is 30.1 Å². The van der Waals surface area contributed by atoms with Crippen molar-refractivity contribution in [2.45, 2.75) is 32.5 Å². The summed E-state index contributed by atoms with van der Waals surface area (Å²) in [5.41, 5.74) is 0.764. The molecule has 2 nitrogen and oxygen atoms in total. The molecule has 2 rings (SSSR count). The van der Waals surface area contributed by atoms with Gasteiger partial charge in [0.1, 0.15) is 5.82 Å². The highest BCUT2D eigenvalue weighted by Crippen LogP contribution is 2.20. The van der Waals surface area contributed by atoms with Crippen molar-refractivity contribution < 1.29 is 4.39 Å². The van der Waals surface area contributed by atoms with E-state index in [0.29, 0.717) is 18.6 Å². The van der Waals surface area contributed by atoms with E-state index in [9.17, 15) is 4.39 Å². The molecule has 1 saturated heterocycles. The van der Waals surface area contributed by atoms with E-state index in [2.05, 4.69) is 40.0 Å². The van der Waals surface area contributed by atoms with Crippen LogP contribution in [-0.2, 0) is 6.54 Å². The summed E-state index contributed by atoms with van der Waals surface area (Å²) in [5, 5.41) is 3.38. The highest BCUT2D eigenvalue weighted by atomic mass is 79.9. The van der Waals surface area contributed by atoms with Gasteiger partial charge in [-0.25, -0.2) is 4.39 Å². The maximum atomic E-state index is 13.7. The number of nitrogens with one attached hydrogen (secondary N) is 1. The van der Waals surface area contributed by atoms with E-state index in [1.807, 2.05) is 6.07 Å². The van der Waals surface area contributed by atoms with E-state index in [4.69, 9.17) is 0 Å². The number of hydrogen-bond donors (Lipinski definition) is 1. The summed E-state index contributed by atoms with van der Waals surface area (Å²) in [4.78, 5) is 2.35. The molecule has 1 aliphatic heterocycles. The Labute approximate surface area is 110 Å². The number of nitrogens with zero attached hydrogens (tertiary/aromatic N) is 1. The summed E-state index contributed by atoms with van der Waals surface area (Å²) in [6.07, 6.45) is 0. The molecule has 1 aliphatic rings. The zero-order chi connectivity index (χ0) is 12.4. The third-order valence-corrected chi connectivity index (χ3v) is 3.87. The van der Waals surface area contributed by atoms with Gasteiger partial charge < -0.3 is 5.32 Å². The average molecular weight is 301 g/mol. The molecule has 1 aromatic carbocycles. The Bertz CT molecular complexity index is 387. The molecule has 17 heavy (non-hydrogen) atoms. The third-order valence-electron chi connectivity index (χ3n) is 3.37. The maximum absolute atomic E-state index is 13.7. The van der Waals surface area contributed by atoms with E-state index in [0.717, 1.165) is 23.1 Å². The van der Waals surface area contributed by atoms with Crippen LogP contribution in [0.4, 0.5) is 4.39 Å². The van der Waals surface area contributed by atoms with Crippen molar-refractivity contribution in [3.8, 4) is 0 Å². The smallest absolute Gasteiger partial charge is 0.127 e. The molecule has 4 heteroatoms. The maximum Gasteiger partial charge on any atom is 0.127 e. The molecular formula is C13H18BrFN2. The van der Waals surface area contributed by atoms with Crippen LogP contribution in [0.5, 0.6) is 0 Å². The van der Waals surface area contributed by atoms with Crippen molar-refractivity contribution in [1.82, 2.24) is 10.2 Å². The van der Waals surface area contributed by atoms with Crippen molar-refractivity contribution in [3.05, 3.63) is 34.1 Å². The Balaban J connectivity index is 2.16. The first-order valence-electron chi connectivity index (χ1n) is 5.98. The van der Waals surface area contributed by atoms with Gasteiger partial charge in [-0.2, -0.15) is 0 Å². The van der Waals surface area contributed by atoms with Crippen molar-refractivity contribution >= 4 is 15.9 Å². The van der Waals surface area contributed by atoms with Crippen molar-refractivity contribution in [1.29, 1.82) is 0 Å². The molecule has 1 N–H and O–H groups in total. The Hall–Kier alpha value is -0.450. The fraction of sp³-hybridized carbons (Fsp3) is 0.538. The van der Waals surface area contributed by atoms with Crippen LogP contribution in [0.15, 0.2) is 22.7 Å². The van der Waals surface area contributed by atoms with E-state index in [1.165, 1.54) is 6.07 Å². The second-order valence-corrected chi connectivity index (χ2v) is 5.68. The SMILES string of the molecule is CC1CNCC(C)N1Cc1cc(Br)ccc1F. The van der Waals surface area contributed by atoms with Crippen LogP contribution >= 0.6 is 15.9 Å². The molecule has 0 radical (unpaired) electrons. The van der Waals surface area contributed by atoms with Crippen LogP contribution < -0.4 is 5.32 Å². The Kier molecular flexibility index (Phi) is 4.17. The van der Waals surface area contributed by atoms with Gasteiger partial charge in [0.25, 0.3) is 0 Å². The van der Waals surface area contributed by atoms with Crippen LogP contribution in [0.3, 0.4) is 0 Å². The molecule has 0 aromatic heterocycles. The molecule has 1 aromatic rings. The number of rotatable bonds is 2. The van der Waals surface area contributed by atoms with Crippen LogP contribution in [0, 0.1) is 5.82 Å². The predicted molar refractivity (Wildman–Crippen MR) is 71.4 cm³/mol. The van der Waals surface area contributed by atoms with Gasteiger partial charge >= 0.3 is 0 Å². The van der Waals surface area contributed by atoms with E-state index >= 15 is 0 Å². The number of halogens is 2. The lowest BCUT2D eigenvalue weighted by Crippen LogP contribution is -2.54. The third kappa shape index (κ3) is 3.06. The molecule has 2 unspecified atom stereocenters. The van der Waals surface area contributed by atoms with Crippen LogP contribution in [0.25, 0.3) is 0 Å². The van der Waals surface area contributed by atoms with Gasteiger partial charge in [-0.1, -0.05) is 15.9 Å². The number of hydrogen-bond acceptors (Lipinski definition) is 2. The second-order valence-electron chi connectivity index (χ2n) is 4.76. The van der Waals surface area contributed by atoms with E-state index < -0.39 is 0 Å². The van der Waals surface area contributed by atoms with Gasteiger partial charge in [-0.05, 0) is 32.0 Å². The van der Waals surface area contributed by atoms with Gasteiger partial charge in [0.2, 0.25) is 0 Å². The summed E-state index contributed by atoms with van der Waals surface area (Å²) < 4.78 is 14.7. The average Bonchev–Trinajstić information content (AvgIpc) is 2.28. The van der Waals surface area contributed by atoms with E-state index in [-0.39, 0.29) is 5.82 Å². The van der Waals surface area contributed by atoms with Crippen LogP contribution in [0.2, 0.25) is 0 Å². The van der Waals surface area contributed by atoms with Gasteiger partial charge in [-0.3, -0.25) is 4.90 Å². The fourth-order valence-corrected chi connectivity index (χ4v) is 2.75. The normalized spacial score (nSPS) is 26.1. The first kappa shape index (κ1) is 13.0. The molecule has 0 bridgehead atoms. The minimum atomic E-state index is -0.119. The van der Waals surface area contributed by atoms with Gasteiger partial charge in [0, 0.05) is 41.8 Å². The molecule has 2 atom stereocenters. The monoisotopic (exact) mass is 300 g/mol. The molecule has 0 saturated carbocycles. The highest BCUT2D eigenvalue weighted by Gasteiger charge is 2.25. The quantitative estimate of drug-likeness (QED) is 0.903. The molecule has 94 valence electrons. The Morgan fingerprint density at radius 2 is 2.00 bits per heavy atom. The lowest BCUT2D eigenvalue weighted by molar-refractivity contribution is 0.107. The van der Waals surface area contributed by atoms with Crippen molar-refractivity contribution in [2.75, 3.05) is 13.1 Å². The minimum Gasteiger partial charge on any atom is -0.314 e. The van der Waals surface area contributed by atoms with Crippen molar-refractivity contribution in [3.63, 3.8) is 0 Å². The molecular weight excluding hydrogens is 283 g/mol. The summed E-state index contributed by atoms with van der Waals surface area (Å²) in [6.45, 7) is 6.98. The first-order chi connectivity index (χ1) is 8.08. The highest BCUT2D eigenvalue weighted by molar-refractivity contribution is 9.10. The number of benzene rings is 1. The summed E-state index contributed by atoms with van der Waals surface area (Å²) >= 11 is 3.39. The Morgan fingerprint density at radius 3 is 2.65 bits per heavy atom. The predicted octanol–water partition coefficient (Wildman–Crippen LogP) is 2.77. The standard InChI is InChI=1S/C13H18BrFN2/c1-9-6-16-7-10(2)17(9)8-11-5-12(14)3-4-13(11)15/h3-5,9-10,16H,6-8H2,1-2H3. The molecule has 0 aliphatic carbocycles. The molecule has 1 fully saturated rings. The van der Waals surface area contributed by atoms with Gasteiger partial charge in [0.05, 0.1) is 0 Å². The zero-order valence-electron chi connectivity index (χ0n) is 10.2. The van der Waals surface area contributed by atoms with E-state index in [1.54, 1.807) is 6.07 Å². The fourth-order valence-electron chi connectivity index (χ4n) is 2.34. The lowest BCUT2D eigenvalue weighted by Gasteiger charge is -2.39. The minimum absolute atomic E-state index is 0.119. The van der Waals surface area contributed by atoms with Gasteiger partial charge in [-0.15, -0.1) is 0 Å². The lowest BCUT2D eigenvalue weighted by atomic mass is 10.1. The van der Waals surface area contributed by atoms with Gasteiger partial charge in [0.15, 0.2) is 0 Å². The van der Waals surface area contributed by atoms with Crippen LogP contribution in [0.1, 0.15) is 19.4 Å². The summed E-state index contributed by atoms with van der Waals surface area (Å²) in [5.74, 6) is -0.119. The zero-order valence-corrected chi connectivity index (χ0v) is 11.8. The largest absolute Gasteiger partial charge is 0.314 e. The topological polar surface area (TPSA) is 15.3 Å². The second kappa shape index (κ2) is 5.46. The summed E-state index contributed by atoms with van der Waals surface area (Å²) in [7, 11) is 0. The number of piperazine rings is 1. The molecule has 1 heterocycles. The first-order valence-corrected chi connectivity index (χ1v) is 6.77. The molecule has 0 spiro atoms. The molecule has 0 amide bonds.